The molecule has 180 valence electrons. The van der Waals surface area contributed by atoms with E-state index in [2.05, 4.69) is 11.9 Å². The van der Waals surface area contributed by atoms with Crippen molar-refractivity contribution in [3.63, 3.8) is 0 Å². The second-order valence-electron chi connectivity index (χ2n) is 7.75. The second kappa shape index (κ2) is 10.4. The molecule has 3 rings (SSSR count). The third kappa shape index (κ3) is 5.94. The van der Waals surface area contributed by atoms with Crippen molar-refractivity contribution in [2.45, 2.75) is 24.6 Å². The fourth-order valence-electron chi connectivity index (χ4n) is 3.98. The first-order valence-corrected chi connectivity index (χ1v) is 10.4. The van der Waals surface area contributed by atoms with E-state index in [-0.39, 0.29) is 23.8 Å². The Bertz CT molecular complexity index is 1040. The van der Waals surface area contributed by atoms with Crippen molar-refractivity contribution >= 4 is 18.0 Å². The summed E-state index contributed by atoms with van der Waals surface area (Å²) in [5.74, 6) is -3.07. The van der Waals surface area contributed by atoms with Gasteiger partial charge in [0.05, 0.1) is 0 Å². The first kappa shape index (κ1) is 24.8. The number of carboxylic acids is 1. The lowest BCUT2D eigenvalue weighted by Gasteiger charge is -2.27. The second-order valence-corrected chi connectivity index (χ2v) is 7.75. The molecule has 0 heterocycles. The molecule has 2 amide bonds. The lowest BCUT2D eigenvalue weighted by molar-refractivity contribution is -0.166. The average molecular weight is 476 g/mol. The number of alkyl carbamates (subject to hydrolysis) is 1. The van der Waals surface area contributed by atoms with E-state index in [1.807, 2.05) is 48.5 Å². The number of hydrogen-bond donors (Lipinski definition) is 2. The van der Waals surface area contributed by atoms with Crippen molar-refractivity contribution in [3.8, 4) is 11.1 Å². The van der Waals surface area contributed by atoms with E-state index >= 15 is 0 Å². The summed E-state index contributed by atoms with van der Waals surface area (Å²) < 4.78 is 43.9. The standard InChI is InChI=1S/C24H23F3N2O5/c1-2-7-20(22(32)29(12-21(30)31)14-24(25,26)27)28-23(33)34-13-19-17-10-5-3-8-15(17)16-9-4-6-11-18(16)19/h2-6,8-11,19-20H,1,7,12-14H2,(H,28,33)(H,30,31). The van der Waals surface area contributed by atoms with Crippen LogP contribution in [-0.4, -0.2) is 59.9 Å². The predicted octanol–water partition coefficient (Wildman–Crippen LogP) is 3.95. The van der Waals surface area contributed by atoms with E-state index in [4.69, 9.17) is 9.84 Å². The topological polar surface area (TPSA) is 95.9 Å². The smallest absolute Gasteiger partial charge is 0.407 e. The summed E-state index contributed by atoms with van der Waals surface area (Å²) >= 11 is 0. The van der Waals surface area contributed by atoms with E-state index in [1.54, 1.807) is 0 Å². The number of carbonyl (C=O) groups excluding carboxylic acids is 2. The minimum atomic E-state index is -4.81. The minimum Gasteiger partial charge on any atom is -0.480 e. The molecule has 0 radical (unpaired) electrons. The van der Waals surface area contributed by atoms with Crippen molar-refractivity contribution in [3.05, 3.63) is 72.3 Å². The number of amides is 2. The molecule has 1 unspecified atom stereocenters. The number of hydrogen-bond acceptors (Lipinski definition) is 4. The van der Waals surface area contributed by atoms with Gasteiger partial charge in [-0.15, -0.1) is 6.58 Å². The van der Waals surface area contributed by atoms with Crippen LogP contribution in [0.2, 0.25) is 0 Å². The molecule has 34 heavy (non-hydrogen) atoms. The van der Waals surface area contributed by atoms with Gasteiger partial charge >= 0.3 is 18.2 Å². The molecule has 7 nitrogen and oxygen atoms in total. The Balaban J connectivity index is 1.70. The highest BCUT2D eigenvalue weighted by Crippen LogP contribution is 2.44. The Morgan fingerprint density at radius 2 is 1.65 bits per heavy atom. The number of halogens is 3. The summed E-state index contributed by atoms with van der Waals surface area (Å²) in [7, 11) is 0. The molecule has 1 aliphatic rings. The zero-order valence-electron chi connectivity index (χ0n) is 18.0. The molecule has 2 N–H and O–H groups in total. The van der Waals surface area contributed by atoms with Gasteiger partial charge in [-0.1, -0.05) is 54.6 Å². The molecule has 2 aromatic rings. The summed E-state index contributed by atoms with van der Waals surface area (Å²) in [4.78, 5) is 36.2. The third-order valence-corrected chi connectivity index (χ3v) is 5.34. The van der Waals surface area contributed by atoms with Crippen molar-refractivity contribution in [1.82, 2.24) is 10.2 Å². The number of alkyl halides is 3. The molecule has 0 fully saturated rings. The normalized spacial score (nSPS) is 13.4. The van der Waals surface area contributed by atoms with Gasteiger partial charge in [0.1, 0.15) is 25.7 Å². The van der Waals surface area contributed by atoms with Crippen LogP contribution in [0, 0.1) is 0 Å². The zero-order chi connectivity index (χ0) is 24.9. The summed E-state index contributed by atoms with van der Waals surface area (Å²) in [6.07, 6.45) is -4.80. The summed E-state index contributed by atoms with van der Waals surface area (Å²) in [6, 6.07) is 13.9. The third-order valence-electron chi connectivity index (χ3n) is 5.34. The molecular weight excluding hydrogens is 453 g/mol. The number of ether oxygens (including phenoxy) is 1. The molecule has 0 saturated heterocycles. The maximum absolute atomic E-state index is 12.8. The number of rotatable bonds is 9. The van der Waals surface area contributed by atoms with Crippen LogP contribution in [0.25, 0.3) is 11.1 Å². The van der Waals surface area contributed by atoms with Crippen LogP contribution in [0.5, 0.6) is 0 Å². The van der Waals surface area contributed by atoms with Crippen LogP contribution in [-0.2, 0) is 14.3 Å². The van der Waals surface area contributed by atoms with Crippen molar-refractivity contribution in [2.24, 2.45) is 0 Å². The molecule has 1 aliphatic carbocycles. The Labute approximate surface area is 193 Å². The van der Waals surface area contributed by atoms with Gasteiger partial charge in [-0.2, -0.15) is 13.2 Å². The van der Waals surface area contributed by atoms with E-state index in [1.165, 1.54) is 6.08 Å². The highest BCUT2D eigenvalue weighted by Gasteiger charge is 2.37. The number of carbonyl (C=O) groups is 3. The van der Waals surface area contributed by atoms with Crippen LogP contribution in [0.3, 0.4) is 0 Å². The highest BCUT2D eigenvalue weighted by molar-refractivity contribution is 5.88. The van der Waals surface area contributed by atoms with E-state index in [9.17, 15) is 27.6 Å². The number of benzene rings is 2. The Kier molecular flexibility index (Phi) is 7.60. The maximum Gasteiger partial charge on any atom is 0.407 e. The SMILES string of the molecule is C=CCC(NC(=O)OCC1c2ccccc2-c2ccccc21)C(=O)N(CC(=O)O)CC(F)(F)F. The Morgan fingerprint density at radius 3 is 2.15 bits per heavy atom. The van der Waals surface area contributed by atoms with Gasteiger partial charge in [0.25, 0.3) is 0 Å². The Hall–Kier alpha value is -3.82. The van der Waals surface area contributed by atoms with Crippen LogP contribution in [0.1, 0.15) is 23.5 Å². The minimum absolute atomic E-state index is 0.0593. The molecular formula is C24H23F3N2O5. The van der Waals surface area contributed by atoms with Gasteiger partial charge in [0.2, 0.25) is 5.91 Å². The Morgan fingerprint density at radius 1 is 1.09 bits per heavy atom. The van der Waals surface area contributed by atoms with Crippen molar-refractivity contribution in [2.75, 3.05) is 19.7 Å². The van der Waals surface area contributed by atoms with E-state index in [0.29, 0.717) is 0 Å². The molecule has 2 aromatic carbocycles. The van der Waals surface area contributed by atoms with Gasteiger partial charge in [-0.25, -0.2) is 4.79 Å². The quantitative estimate of drug-likeness (QED) is 0.535. The maximum atomic E-state index is 12.8. The molecule has 1 atom stereocenters. The zero-order valence-corrected chi connectivity index (χ0v) is 18.0. The fraction of sp³-hybridized carbons (Fsp3) is 0.292. The molecule has 0 saturated carbocycles. The first-order chi connectivity index (χ1) is 16.1. The number of nitrogens with one attached hydrogen (secondary N) is 1. The highest BCUT2D eigenvalue weighted by atomic mass is 19.4. The summed E-state index contributed by atoms with van der Waals surface area (Å²) in [5.41, 5.74) is 3.97. The molecule has 0 aliphatic heterocycles. The molecule has 0 spiro atoms. The first-order valence-electron chi connectivity index (χ1n) is 10.4. The summed E-state index contributed by atoms with van der Waals surface area (Å²) in [6.45, 7) is 0.449. The van der Waals surface area contributed by atoms with Crippen molar-refractivity contribution < 1.29 is 37.4 Å². The summed E-state index contributed by atoms with van der Waals surface area (Å²) in [5, 5.41) is 11.1. The van der Waals surface area contributed by atoms with Gasteiger partial charge in [-0.3, -0.25) is 9.59 Å². The molecule has 10 heteroatoms. The monoisotopic (exact) mass is 476 g/mol. The lowest BCUT2D eigenvalue weighted by Crippen LogP contribution is -2.52. The van der Waals surface area contributed by atoms with Gasteiger partial charge in [-0.05, 0) is 28.7 Å². The molecule has 0 aromatic heterocycles. The van der Waals surface area contributed by atoms with Gasteiger partial charge < -0.3 is 20.1 Å². The number of aliphatic carboxylic acids is 1. The average Bonchev–Trinajstić information content (AvgIpc) is 3.09. The van der Waals surface area contributed by atoms with Gasteiger partial charge in [0.15, 0.2) is 0 Å². The molecule has 0 bridgehead atoms. The van der Waals surface area contributed by atoms with Crippen LogP contribution in [0.15, 0.2) is 61.2 Å². The van der Waals surface area contributed by atoms with Crippen LogP contribution < -0.4 is 5.32 Å². The predicted molar refractivity (Wildman–Crippen MR) is 117 cm³/mol. The fourth-order valence-corrected chi connectivity index (χ4v) is 3.98. The largest absolute Gasteiger partial charge is 0.480 e. The van der Waals surface area contributed by atoms with Crippen molar-refractivity contribution in [1.29, 1.82) is 0 Å². The van der Waals surface area contributed by atoms with Crippen LogP contribution in [0.4, 0.5) is 18.0 Å². The number of fused-ring (bicyclic) bond motifs is 3. The number of nitrogens with zero attached hydrogens (tertiary/aromatic N) is 1. The van der Waals surface area contributed by atoms with E-state index in [0.717, 1.165) is 22.3 Å². The van der Waals surface area contributed by atoms with Gasteiger partial charge in [0, 0.05) is 5.92 Å². The number of carboxylic acid groups (broad SMARTS) is 1. The van der Waals surface area contributed by atoms with E-state index < -0.39 is 43.3 Å². The van der Waals surface area contributed by atoms with Crippen LogP contribution >= 0.6 is 0 Å². The lowest BCUT2D eigenvalue weighted by atomic mass is 9.98.